The fourth-order valence-corrected chi connectivity index (χ4v) is 5.18. The lowest BCUT2D eigenvalue weighted by Gasteiger charge is -2.31. The standard InChI is InChI=1S/C28H40O/c1-3-23-9-11-26(12-10-23)17-18-27-15-13-24(14-16-27)7-5-6-8-25-19-21-28(22-20-25)29-4-2/h5,7,19-24,26-27H,3-4,9-18H2,1-2H3/t23-,24-,26-,27-. The summed E-state index contributed by atoms with van der Waals surface area (Å²) in [7, 11) is 0. The van der Waals surface area contributed by atoms with Crippen LogP contribution in [0.4, 0.5) is 0 Å². The molecule has 1 aromatic carbocycles. The van der Waals surface area contributed by atoms with Crippen LogP contribution in [0.25, 0.3) is 0 Å². The average molecular weight is 393 g/mol. The maximum absolute atomic E-state index is 5.47. The highest BCUT2D eigenvalue weighted by molar-refractivity contribution is 5.40. The fourth-order valence-electron chi connectivity index (χ4n) is 5.18. The minimum Gasteiger partial charge on any atom is -0.494 e. The first-order chi connectivity index (χ1) is 14.3. The molecule has 2 aliphatic carbocycles. The van der Waals surface area contributed by atoms with Crippen LogP contribution in [0, 0.1) is 35.5 Å². The highest BCUT2D eigenvalue weighted by Gasteiger charge is 2.23. The molecule has 2 fully saturated rings. The van der Waals surface area contributed by atoms with Crippen molar-refractivity contribution in [2.45, 2.75) is 84.5 Å². The van der Waals surface area contributed by atoms with Crippen LogP contribution in [0.2, 0.25) is 0 Å². The van der Waals surface area contributed by atoms with E-state index in [0.29, 0.717) is 6.61 Å². The van der Waals surface area contributed by atoms with Crippen molar-refractivity contribution >= 4 is 0 Å². The first kappa shape index (κ1) is 22.0. The normalized spacial score (nSPS) is 27.4. The Morgan fingerprint density at radius 2 is 1.41 bits per heavy atom. The molecule has 1 heteroatoms. The minimum absolute atomic E-state index is 0.704. The molecular formula is C28H40O. The summed E-state index contributed by atoms with van der Waals surface area (Å²) in [6, 6.07) is 8.05. The molecule has 0 aliphatic heterocycles. The summed E-state index contributed by atoms with van der Waals surface area (Å²) in [5, 5.41) is 0. The molecule has 1 nitrogen and oxygen atoms in total. The maximum atomic E-state index is 5.47. The van der Waals surface area contributed by atoms with Gasteiger partial charge in [-0.2, -0.15) is 0 Å². The Morgan fingerprint density at radius 1 is 0.828 bits per heavy atom. The molecule has 0 heterocycles. The number of hydrogen-bond donors (Lipinski definition) is 0. The average Bonchev–Trinajstić information content (AvgIpc) is 2.78. The summed E-state index contributed by atoms with van der Waals surface area (Å²) in [5.74, 6) is 11.2. The Balaban J connectivity index is 1.32. The van der Waals surface area contributed by atoms with Crippen LogP contribution in [0.3, 0.4) is 0 Å². The van der Waals surface area contributed by atoms with E-state index in [1.807, 2.05) is 31.2 Å². The number of ether oxygens (including phenoxy) is 1. The van der Waals surface area contributed by atoms with Crippen molar-refractivity contribution in [3.63, 3.8) is 0 Å². The van der Waals surface area contributed by atoms with Crippen LogP contribution in [0.1, 0.15) is 90.0 Å². The highest BCUT2D eigenvalue weighted by Crippen LogP contribution is 2.37. The quantitative estimate of drug-likeness (QED) is 0.430. The van der Waals surface area contributed by atoms with Gasteiger partial charge >= 0.3 is 0 Å². The Kier molecular flexibility index (Phi) is 9.20. The van der Waals surface area contributed by atoms with Crippen LogP contribution in [-0.4, -0.2) is 6.61 Å². The first-order valence-electron chi connectivity index (χ1n) is 12.2. The molecule has 0 bridgehead atoms. The lowest BCUT2D eigenvalue weighted by Crippen LogP contribution is -2.17. The van der Waals surface area contributed by atoms with E-state index in [-0.39, 0.29) is 0 Å². The monoisotopic (exact) mass is 392 g/mol. The van der Waals surface area contributed by atoms with Gasteiger partial charge in [0.25, 0.3) is 0 Å². The van der Waals surface area contributed by atoms with Gasteiger partial charge in [0.05, 0.1) is 6.61 Å². The maximum Gasteiger partial charge on any atom is 0.119 e. The summed E-state index contributed by atoms with van der Waals surface area (Å²) in [6.45, 7) is 5.07. The van der Waals surface area contributed by atoms with Gasteiger partial charge in [0.15, 0.2) is 0 Å². The second-order valence-corrected chi connectivity index (χ2v) is 9.24. The Bertz CT molecular complexity index is 659. The molecule has 0 amide bonds. The third kappa shape index (κ3) is 7.58. The van der Waals surface area contributed by atoms with Gasteiger partial charge in [-0.05, 0) is 86.6 Å². The van der Waals surface area contributed by atoms with E-state index < -0.39 is 0 Å². The third-order valence-electron chi connectivity index (χ3n) is 7.25. The summed E-state index contributed by atoms with van der Waals surface area (Å²) < 4.78 is 5.47. The van der Waals surface area contributed by atoms with Crippen molar-refractivity contribution in [2.24, 2.45) is 23.7 Å². The van der Waals surface area contributed by atoms with Gasteiger partial charge in [0, 0.05) is 5.56 Å². The number of hydrogen-bond acceptors (Lipinski definition) is 1. The van der Waals surface area contributed by atoms with Gasteiger partial charge in [-0.15, -0.1) is 0 Å². The van der Waals surface area contributed by atoms with Crippen LogP contribution >= 0.6 is 0 Å². The predicted molar refractivity (Wildman–Crippen MR) is 124 cm³/mol. The van der Waals surface area contributed by atoms with Crippen molar-refractivity contribution in [1.82, 2.24) is 0 Å². The molecule has 0 radical (unpaired) electrons. The van der Waals surface area contributed by atoms with Crippen LogP contribution in [-0.2, 0) is 0 Å². The SMILES string of the molecule is CCOc1ccc(C#CC=C[C@H]2CC[C@H](CC[C@H]3CC[C@H](CC)CC3)CC2)cc1. The molecule has 2 aliphatic rings. The van der Waals surface area contributed by atoms with E-state index in [2.05, 4.69) is 30.9 Å². The molecule has 158 valence electrons. The molecule has 0 spiro atoms. The summed E-state index contributed by atoms with van der Waals surface area (Å²) in [6.07, 6.45) is 20.4. The van der Waals surface area contributed by atoms with E-state index in [1.165, 1.54) is 70.6 Å². The predicted octanol–water partition coefficient (Wildman–Crippen LogP) is 7.80. The molecule has 1 aromatic rings. The largest absolute Gasteiger partial charge is 0.494 e. The zero-order valence-corrected chi connectivity index (χ0v) is 18.7. The lowest BCUT2D eigenvalue weighted by atomic mass is 9.75. The van der Waals surface area contributed by atoms with Crippen molar-refractivity contribution in [2.75, 3.05) is 6.61 Å². The summed E-state index contributed by atoms with van der Waals surface area (Å²) in [5.41, 5.74) is 1.05. The Hall–Kier alpha value is -1.68. The molecule has 0 saturated heterocycles. The lowest BCUT2D eigenvalue weighted by molar-refractivity contribution is 0.224. The molecule has 0 N–H and O–H groups in total. The second-order valence-electron chi connectivity index (χ2n) is 9.24. The smallest absolute Gasteiger partial charge is 0.119 e. The van der Waals surface area contributed by atoms with Gasteiger partial charge < -0.3 is 4.74 Å². The van der Waals surface area contributed by atoms with Crippen molar-refractivity contribution in [3.05, 3.63) is 42.0 Å². The zero-order chi connectivity index (χ0) is 20.3. The van der Waals surface area contributed by atoms with Gasteiger partial charge in [-0.3, -0.25) is 0 Å². The number of allylic oxidation sites excluding steroid dienone is 2. The molecule has 3 rings (SSSR count). The van der Waals surface area contributed by atoms with Crippen molar-refractivity contribution < 1.29 is 4.74 Å². The summed E-state index contributed by atoms with van der Waals surface area (Å²) >= 11 is 0. The van der Waals surface area contributed by atoms with Gasteiger partial charge in [0.1, 0.15) is 5.75 Å². The summed E-state index contributed by atoms with van der Waals surface area (Å²) in [4.78, 5) is 0. The Morgan fingerprint density at radius 3 is 2.00 bits per heavy atom. The second kappa shape index (κ2) is 12.1. The first-order valence-corrected chi connectivity index (χ1v) is 12.2. The molecule has 0 aromatic heterocycles. The van der Waals surface area contributed by atoms with Crippen LogP contribution in [0.15, 0.2) is 36.4 Å². The van der Waals surface area contributed by atoms with Crippen LogP contribution < -0.4 is 4.74 Å². The van der Waals surface area contributed by atoms with Crippen molar-refractivity contribution in [1.29, 1.82) is 0 Å². The van der Waals surface area contributed by atoms with E-state index in [9.17, 15) is 0 Å². The molecule has 0 unspecified atom stereocenters. The molecule has 29 heavy (non-hydrogen) atoms. The van der Waals surface area contributed by atoms with Crippen molar-refractivity contribution in [3.8, 4) is 17.6 Å². The highest BCUT2D eigenvalue weighted by atomic mass is 16.5. The number of rotatable bonds is 7. The van der Waals surface area contributed by atoms with Gasteiger partial charge in [-0.25, -0.2) is 0 Å². The van der Waals surface area contributed by atoms with Crippen LogP contribution in [0.5, 0.6) is 5.75 Å². The Labute approximate surface area is 179 Å². The molecule has 2 saturated carbocycles. The van der Waals surface area contributed by atoms with E-state index >= 15 is 0 Å². The zero-order valence-electron chi connectivity index (χ0n) is 18.7. The minimum atomic E-state index is 0.704. The van der Waals surface area contributed by atoms with E-state index in [1.54, 1.807) is 0 Å². The topological polar surface area (TPSA) is 9.23 Å². The molecular weight excluding hydrogens is 352 g/mol. The van der Waals surface area contributed by atoms with E-state index in [4.69, 9.17) is 4.74 Å². The number of benzene rings is 1. The van der Waals surface area contributed by atoms with Gasteiger partial charge in [0.2, 0.25) is 0 Å². The fraction of sp³-hybridized carbons (Fsp3) is 0.643. The molecule has 0 atom stereocenters. The van der Waals surface area contributed by atoms with Gasteiger partial charge in [-0.1, -0.05) is 69.8 Å². The third-order valence-corrected chi connectivity index (χ3v) is 7.25. The van der Waals surface area contributed by atoms with E-state index in [0.717, 1.165) is 35.0 Å².